The third-order valence-corrected chi connectivity index (χ3v) is 5.73. The zero-order chi connectivity index (χ0) is 14.7. The largest absolute Gasteiger partial charge is 0.495 e. The fraction of sp³-hybridized carbons (Fsp3) is 0.688. The minimum atomic E-state index is 0.0136. The lowest BCUT2D eigenvalue weighted by molar-refractivity contribution is 0.0894. The number of ether oxygens (including phenoxy) is 1. The minimum Gasteiger partial charge on any atom is -0.495 e. The van der Waals surface area contributed by atoms with E-state index in [1.807, 2.05) is 11.4 Å². The molecule has 2 aliphatic rings. The van der Waals surface area contributed by atoms with Gasteiger partial charge in [0.1, 0.15) is 10.6 Å². The molecule has 1 saturated heterocycles. The van der Waals surface area contributed by atoms with E-state index in [0.717, 1.165) is 19.4 Å². The second kappa shape index (κ2) is 6.36. The van der Waals surface area contributed by atoms with Crippen molar-refractivity contribution in [2.24, 2.45) is 0 Å². The maximum Gasteiger partial charge on any atom is 0.265 e. The van der Waals surface area contributed by atoms with E-state index in [2.05, 4.69) is 10.6 Å². The summed E-state index contributed by atoms with van der Waals surface area (Å²) in [4.78, 5) is 13.1. The van der Waals surface area contributed by atoms with E-state index in [0.29, 0.717) is 10.6 Å². The lowest BCUT2D eigenvalue weighted by Crippen LogP contribution is -2.57. The van der Waals surface area contributed by atoms with Gasteiger partial charge in [-0.05, 0) is 43.7 Å². The van der Waals surface area contributed by atoms with Gasteiger partial charge in [0.25, 0.3) is 5.91 Å². The van der Waals surface area contributed by atoms with Crippen molar-refractivity contribution in [2.75, 3.05) is 13.7 Å². The Morgan fingerprint density at radius 3 is 3.00 bits per heavy atom. The van der Waals surface area contributed by atoms with E-state index in [-0.39, 0.29) is 17.5 Å². The zero-order valence-corrected chi connectivity index (χ0v) is 13.4. The highest BCUT2D eigenvalue weighted by Gasteiger charge is 2.37. The number of nitrogens with one attached hydrogen (secondary N) is 2. The lowest BCUT2D eigenvalue weighted by atomic mass is 9.75. The first kappa shape index (κ1) is 14.9. The van der Waals surface area contributed by atoms with Crippen LogP contribution in [-0.4, -0.2) is 31.1 Å². The van der Waals surface area contributed by atoms with Gasteiger partial charge in [-0.25, -0.2) is 0 Å². The molecule has 1 unspecified atom stereocenters. The van der Waals surface area contributed by atoms with Crippen molar-refractivity contribution < 1.29 is 9.53 Å². The molecular formula is C16H24N2O2S. The predicted octanol–water partition coefficient (Wildman–Crippen LogP) is 2.94. The molecule has 1 aliphatic carbocycles. The van der Waals surface area contributed by atoms with Crippen LogP contribution in [0, 0.1) is 0 Å². The van der Waals surface area contributed by atoms with E-state index in [4.69, 9.17) is 4.74 Å². The van der Waals surface area contributed by atoms with Crippen LogP contribution in [0.25, 0.3) is 0 Å². The van der Waals surface area contributed by atoms with Crippen molar-refractivity contribution in [2.45, 2.75) is 56.5 Å². The van der Waals surface area contributed by atoms with Gasteiger partial charge in [-0.3, -0.25) is 4.79 Å². The molecule has 21 heavy (non-hydrogen) atoms. The van der Waals surface area contributed by atoms with Crippen LogP contribution in [0.15, 0.2) is 11.4 Å². The van der Waals surface area contributed by atoms with Crippen molar-refractivity contribution in [1.82, 2.24) is 10.6 Å². The number of piperidine rings is 1. The molecule has 1 atom stereocenters. The van der Waals surface area contributed by atoms with Crippen LogP contribution in [0.3, 0.4) is 0 Å². The molecule has 2 fully saturated rings. The second-order valence-corrected chi connectivity index (χ2v) is 7.17. The van der Waals surface area contributed by atoms with Gasteiger partial charge in [0.05, 0.1) is 7.11 Å². The Kier molecular flexibility index (Phi) is 4.50. The standard InChI is InChI=1S/C16H24N2O2S/c1-20-13-6-10-21-14(13)15(19)18-12-5-9-17-16(11-12)7-3-2-4-8-16/h6,10,12,17H,2-5,7-9,11H2,1H3,(H,18,19). The Bertz CT molecular complexity index is 489. The fourth-order valence-corrected chi connectivity index (χ4v) is 4.53. The predicted molar refractivity (Wildman–Crippen MR) is 85.2 cm³/mol. The molecular weight excluding hydrogens is 284 g/mol. The summed E-state index contributed by atoms with van der Waals surface area (Å²) in [5, 5.41) is 8.84. The number of carbonyl (C=O) groups is 1. The Labute approximate surface area is 130 Å². The molecule has 116 valence electrons. The zero-order valence-electron chi connectivity index (χ0n) is 12.6. The molecule has 2 heterocycles. The van der Waals surface area contributed by atoms with Crippen LogP contribution in [0.4, 0.5) is 0 Å². The van der Waals surface area contributed by atoms with Gasteiger partial charge < -0.3 is 15.4 Å². The normalized spacial score (nSPS) is 24.7. The number of hydrogen-bond acceptors (Lipinski definition) is 4. The van der Waals surface area contributed by atoms with E-state index in [1.54, 1.807) is 7.11 Å². The summed E-state index contributed by atoms with van der Waals surface area (Å²) in [6, 6.07) is 2.13. The Balaban J connectivity index is 1.63. The highest BCUT2D eigenvalue weighted by molar-refractivity contribution is 7.12. The molecule has 5 heteroatoms. The summed E-state index contributed by atoms with van der Waals surface area (Å²) in [5.41, 5.74) is 0.272. The third-order valence-electron chi connectivity index (χ3n) is 4.83. The molecule has 2 N–H and O–H groups in total. The number of thiophene rings is 1. The van der Waals surface area contributed by atoms with E-state index < -0.39 is 0 Å². The van der Waals surface area contributed by atoms with Crippen molar-refractivity contribution in [3.8, 4) is 5.75 Å². The van der Waals surface area contributed by atoms with Gasteiger partial charge in [-0.15, -0.1) is 11.3 Å². The van der Waals surface area contributed by atoms with E-state index >= 15 is 0 Å². The number of methoxy groups -OCH3 is 1. The van der Waals surface area contributed by atoms with Crippen molar-refractivity contribution in [3.63, 3.8) is 0 Å². The number of amides is 1. The molecule has 3 rings (SSSR count). The smallest absolute Gasteiger partial charge is 0.265 e. The summed E-state index contributed by atoms with van der Waals surface area (Å²) in [6.07, 6.45) is 8.56. The lowest BCUT2D eigenvalue weighted by Gasteiger charge is -2.44. The Morgan fingerprint density at radius 2 is 2.24 bits per heavy atom. The quantitative estimate of drug-likeness (QED) is 0.902. The van der Waals surface area contributed by atoms with Crippen LogP contribution in [0.1, 0.15) is 54.6 Å². The van der Waals surface area contributed by atoms with Crippen molar-refractivity contribution >= 4 is 17.2 Å². The molecule has 4 nitrogen and oxygen atoms in total. The third kappa shape index (κ3) is 3.24. The van der Waals surface area contributed by atoms with Gasteiger partial charge in [-0.2, -0.15) is 0 Å². The van der Waals surface area contributed by atoms with Crippen LogP contribution >= 0.6 is 11.3 Å². The molecule has 1 aromatic heterocycles. The number of rotatable bonds is 3. The SMILES string of the molecule is COc1ccsc1C(=O)NC1CCNC2(CCCCC2)C1. The summed E-state index contributed by atoms with van der Waals surface area (Å²) in [5.74, 6) is 0.693. The molecule has 1 aliphatic heterocycles. The van der Waals surface area contributed by atoms with Crippen molar-refractivity contribution in [3.05, 3.63) is 16.3 Å². The average molecular weight is 308 g/mol. The summed E-state index contributed by atoms with van der Waals surface area (Å²) >= 11 is 1.45. The molecule has 0 aromatic carbocycles. The van der Waals surface area contributed by atoms with Gasteiger partial charge in [0.15, 0.2) is 0 Å². The molecule has 0 bridgehead atoms. The van der Waals surface area contributed by atoms with Crippen LogP contribution in [0.5, 0.6) is 5.75 Å². The second-order valence-electron chi connectivity index (χ2n) is 6.25. The van der Waals surface area contributed by atoms with Gasteiger partial charge in [0, 0.05) is 11.6 Å². The summed E-state index contributed by atoms with van der Waals surface area (Å²) in [7, 11) is 1.61. The van der Waals surface area contributed by atoms with E-state index in [1.165, 1.54) is 43.4 Å². The molecule has 1 saturated carbocycles. The first-order chi connectivity index (χ1) is 10.2. The topological polar surface area (TPSA) is 50.4 Å². The van der Waals surface area contributed by atoms with Crippen LogP contribution < -0.4 is 15.4 Å². The molecule has 1 spiro atoms. The van der Waals surface area contributed by atoms with Crippen LogP contribution in [-0.2, 0) is 0 Å². The van der Waals surface area contributed by atoms with Gasteiger partial charge >= 0.3 is 0 Å². The maximum absolute atomic E-state index is 12.4. The fourth-order valence-electron chi connectivity index (χ4n) is 3.76. The molecule has 1 aromatic rings. The highest BCUT2D eigenvalue weighted by atomic mass is 32.1. The van der Waals surface area contributed by atoms with Gasteiger partial charge in [0.2, 0.25) is 0 Å². The maximum atomic E-state index is 12.4. The molecule has 0 radical (unpaired) electrons. The first-order valence-electron chi connectivity index (χ1n) is 7.90. The highest BCUT2D eigenvalue weighted by Crippen LogP contribution is 2.35. The van der Waals surface area contributed by atoms with E-state index in [9.17, 15) is 4.79 Å². The first-order valence-corrected chi connectivity index (χ1v) is 8.78. The van der Waals surface area contributed by atoms with Gasteiger partial charge in [-0.1, -0.05) is 19.3 Å². The average Bonchev–Trinajstić information content (AvgIpc) is 2.96. The van der Waals surface area contributed by atoms with Crippen LogP contribution in [0.2, 0.25) is 0 Å². The Morgan fingerprint density at radius 1 is 1.43 bits per heavy atom. The molecule has 1 amide bonds. The monoisotopic (exact) mass is 308 g/mol. The summed E-state index contributed by atoms with van der Waals surface area (Å²) in [6.45, 7) is 1.01. The minimum absolute atomic E-state index is 0.0136. The number of hydrogen-bond donors (Lipinski definition) is 2. The van der Waals surface area contributed by atoms with Crippen molar-refractivity contribution in [1.29, 1.82) is 0 Å². The Hall–Kier alpha value is -1.07. The number of carbonyl (C=O) groups excluding carboxylic acids is 1. The summed E-state index contributed by atoms with van der Waals surface area (Å²) < 4.78 is 5.24.